The third-order valence-corrected chi connectivity index (χ3v) is 5.39. The van der Waals surface area contributed by atoms with Crippen molar-refractivity contribution in [2.75, 3.05) is 17.7 Å². The minimum Gasteiger partial charge on any atom is -0.483 e. The van der Waals surface area contributed by atoms with E-state index < -0.39 is 12.1 Å². The monoisotopic (exact) mass is 458 g/mol. The average Bonchev–Trinajstić information content (AvgIpc) is 3.15. The van der Waals surface area contributed by atoms with Crippen LogP contribution in [0.5, 0.6) is 5.75 Å². The lowest BCUT2D eigenvalue weighted by Crippen LogP contribution is -2.15. The highest BCUT2D eigenvalue weighted by Crippen LogP contribution is 2.24. The van der Waals surface area contributed by atoms with E-state index in [4.69, 9.17) is 9.47 Å². The van der Waals surface area contributed by atoms with Gasteiger partial charge in [0.05, 0.1) is 17.9 Å². The van der Waals surface area contributed by atoms with Crippen molar-refractivity contribution in [2.24, 2.45) is 7.05 Å². The molecule has 0 spiro atoms. The summed E-state index contributed by atoms with van der Waals surface area (Å²) < 4.78 is 25.5. The van der Waals surface area contributed by atoms with Crippen LogP contribution in [0.4, 0.5) is 10.1 Å². The Hall–Kier alpha value is -3.40. The molecule has 3 aromatic rings. The molecular formula is C22H23FN4O4S. The molecule has 1 atom stereocenters. The number of ether oxygens (including phenoxy) is 2. The van der Waals surface area contributed by atoms with Crippen LogP contribution in [0.1, 0.15) is 36.1 Å². The summed E-state index contributed by atoms with van der Waals surface area (Å²) in [5.74, 6) is 0.251. The maximum absolute atomic E-state index is 13.0. The number of rotatable bonds is 9. The molecule has 0 bridgehead atoms. The Morgan fingerprint density at radius 3 is 2.47 bits per heavy atom. The van der Waals surface area contributed by atoms with E-state index in [0.717, 1.165) is 0 Å². The van der Waals surface area contributed by atoms with Gasteiger partial charge in [0.2, 0.25) is 5.91 Å². The molecule has 0 aliphatic rings. The van der Waals surface area contributed by atoms with Crippen LogP contribution in [-0.4, -0.2) is 39.0 Å². The van der Waals surface area contributed by atoms with Crippen LogP contribution in [0.3, 0.4) is 0 Å². The van der Waals surface area contributed by atoms with E-state index in [0.29, 0.717) is 34.6 Å². The third-order valence-electron chi connectivity index (χ3n) is 4.37. The second kappa shape index (κ2) is 10.8. The fraction of sp³-hybridized carbons (Fsp3) is 0.273. The van der Waals surface area contributed by atoms with Gasteiger partial charge in [-0.25, -0.2) is 9.18 Å². The summed E-state index contributed by atoms with van der Waals surface area (Å²) in [6.45, 7) is 3.85. The molecule has 0 saturated carbocycles. The highest BCUT2D eigenvalue weighted by molar-refractivity contribution is 7.99. The Balaban J connectivity index is 1.53. The molecule has 2 aromatic carbocycles. The summed E-state index contributed by atoms with van der Waals surface area (Å²) in [6, 6.07) is 12.2. The van der Waals surface area contributed by atoms with Gasteiger partial charge in [-0.15, -0.1) is 10.2 Å². The Kier molecular flexibility index (Phi) is 7.82. The van der Waals surface area contributed by atoms with Crippen molar-refractivity contribution < 1.29 is 23.5 Å². The largest absolute Gasteiger partial charge is 0.483 e. The zero-order valence-electron chi connectivity index (χ0n) is 17.9. The van der Waals surface area contributed by atoms with Gasteiger partial charge >= 0.3 is 5.97 Å². The number of thioether (sulfide) groups is 1. The smallest absolute Gasteiger partial charge is 0.338 e. The zero-order valence-corrected chi connectivity index (χ0v) is 18.7. The molecule has 1 aromatic heterocycles. The van der Waals surface area contributed by atoms with Crippen LogP contribution in [0.25, 0.3) is 0 Å². The van der Waals surface area contributed by atoms with Crippen LogP contribution in [-0.2, 0) is 16.6 Å². The number of anilines is 1. The fourth-order valence-corrected chi connectivity index (χ4v) is 3.53. The van der Waals surface area contributed by atoms with E-state index in [9.17, 15) is 14.0 Å². The molecule has 3 rings (SSSR count). The lowest BCUT2D eigenvalue weighted by atomic mass is 10.2. The Morgan fingerprint density at radius 2 is 1.81 bits per heavy atom. The van der Waals surface area contributed by atoms with Crippen LogP contribution in [0.15, 0.2) is 53.7 Å². The van der Waals surface area contributed by atoms with Crippen LogP contribution < -0.4 is 10.1 Å². The summed E-state index contributed by atoms with van der Waals surface area (Å²) in [6.07, 6.45) is -0.418. The highest BCUT2D eigenvalue weighted by atomic mass is 32.2. The SMILES string of the molecule is CCOC(=O)c1ccc(NC(=O)CSc2nnc(C(C)Oc3ccc(F)cc3)n2C)cc1. The molecule has 1 N–H and O–H groups in total. The minimum absolute atomic E-state index is 0.124. The van der Waals surface area contributed by atoms with Crippen molar-refractivity contribution in [1.29, 1.82) is 0 Å². The van der Waals surface area contributed by atoms with E-state index in [1.807, 2.05) is 6.92 Å². The van der Waals surface area contributed by atoms with E-state index in [-0.39, 0.29) is 17.5 Å². The minimum atomic E-state index is -0.418. The van der Waals surface area contributed by atoms with Crippen LogP contribution >= 0.6 is 11.8 Å². The van der Waals surface area contributed by atoms with Crippen molar-refractivity contribution in [3.8, 4) is 5.75 Å². The lowest BCUT2D eigenvalue weighted by Gasteiger charge is -2.14. The molecule has 1 heterocycles. The van der Waals surface area contributed by atoms with E-state index >= 15 is 0 Å². The van der Waals surface area contributed by atoms with E-state index in [2.05, 4.69) is 15.5 Å². The molecule has 1 unspecified atom stereocenters. The van der Waals surface area contributed by atoms with Gasteiger partial charge < -0.3 is 19.4 Å². The first-order chi connectivity index (χ1) is 15.4. The van der Waals surface area contributed by atoms with E-state index in [1.54, 1.807) is 54.9 Å². The molecule has 168 valence electrons. The predicted octanol–water partition coefficient (Wildman–Crippen LogP) is 4.00. The van der Waals surface area contributed by atoms with E-state index in [1.165, 1.54) is 23.9 Å². The molecule has 0 aliphatic carbocycles. The summed E-state index contributed by atoms with van der Waals surface area (Å²) in [4.78, 5) is 24.0. The van der Waals surface area contributed by atoms with Crippen molar-refractivity contribution in [1.82, 2.24) is 14.8 Å². The first-order valence-corrected chi connectivity index (χ1v) is 10.9. The molecule has 0 aliphatic heterocycles. The van der Waals surface area contributed by atoms with Gasteiger partial charge in [0.1, 0.15) is 11.6 Å². The fourth-order valence-electron chi connectivity index (χ4n) is 2.81. The highest BCUT2D eigenvalue weighted by Gasteiger charge is 2.18. The van der Waals surface area contributed by atoms with Gasteiger partial charge in [0.25, 0.3) is 0 Å². The maximum atomic E-state index is 13.0. The van der Waals surface area contributed by atoms with Gasteiger partial charge in [-0.3, -0.25) is 4.79 Å². The number of carbonyl (C=O) groups is 2. The Labute approximate surface area is 189 Å². The molecule has 10 heteroatoms. The van der Waals surface area contributed by atoms with Crippen LogP contribution in [0.2, 0.25) is 0 Å². The number of amides is 1. The first kappa shape index (κ1) is 23.3. The van der Waals surface area contributed by atoms with Crippen LogP contribution in [0, 0.1) is 5.82 Å². The Bertz CT molecular complexity index is 1070. The average molecular weight is 459 g/mol. The standard InChI is InChI=1S/C22H23FN4O4S/c1-4-30-21(29)15-5-9-17(10-6-15)24-19(28)13-32-22-26-25-20(27(22)3)14(2)31-18-11-7-16(23)8-12-18/h5-12,14H,4,13H2,1-3H3,(H,24,28). The van der Waals surface area contributed by atoms with Crippen molar-refractivity contribution in [3.05, 3.63) is 65.7 Å². The number of benzene rings is 2. The maximum Gasteiger partial charge on any atom is 0.338 e. The molecule has 0 fully saturated rings. The zero-order chi connectivity index (χ0) is 23.1. The van der Waals surface area contributed by atoms with Gasteiger partial charge in [0, 0.05) is 12.7 Å². The van der Waals surface area contributed by atoms with Crippen molar-refractivity contribution >= 4 is 29.3 Å². The van der Waals surface area contributed by atoms with Gasteiger partial charge in [-0.2, -0.15) is 0 Å². The van der Waals surface area contributed by atoms with Gasteiger partial charge in [0.15, 0.2) is 17.1 Å². The first-order valence-electron chi connectivity index (χ1n) is 9.88. The molecule has 1 amide bonds. The quantitative estimate of drug-likeness (QED) is 0.382. The van der Waals surface area contributed by atoms with Crippen molar-refractivity contribution in [2.45, 2.75) is 25.1 Å². The number of nitrogens with one attached hydrogen (secondary N) is 1. The molecular weight excluding hydrogens is 435 g/mol. The summed E-state index contributed by atoms with van der Waals surface area (Å²) in [7, 11) is 1.79. The number of nitrogens with zero attached hydrogens (tertiary/aromatic N) is 3. The number of halogens is 1. The third kappa shape index (κ3) is 6.07. The van der Waals surface area contributed by atoms with Gasteiger partial charge in [-0.1, -0.05) is 11.8 Å². The Morgan fingerprint density at radius 1 is 1.12 bits per heavy atom. The number of aromatic nitrogens is 3. The molecule has 32 heavy (non-hydrogen) atoms. The molecule has 0 saturated heterocycles. The lowest BCUT2D eigenvalue weighted by molar-refractivity contribution is -0.113. The number of esters is 1. The second-order valence-electron chi connectivity index (χ2n) is 6.75. The number of hydrogen-bond acceptors (Lipinski definition) is 7. The second-order valence-corrected chi connectivity index (χ2v) is 7.69. The van der Waals surface area contributed by atoms with Crippen molar-refractivity contribution in [3.63, 3.8) is 0 Å². The summed E-state index contributed by atoms with van der Waals surface area (Å²) in [5.41, 5.74) is 0.992. The predicted molar refractivity (Wildman–Crippen MR) is 118 cm³/mol. The molecule has 8 nitrogen and oxygen atoms in total. The topological polar surface area (TPSA) is 95.3 Å². The normalized spacial score (nSPS) is 11.6. The summed E-state index contributed by atoms with van der Waals surface area (Å²) in [5, 5.41) is 11.6. The number of carbonyl (C=O) groups excluding carboxylic acids is 2. The molecule has 0 radical (unpaired) electrons. The van der Waals surface area contributed by atoms with Gasteiger partial charge in [-0.05, 0) is 62.4 Å². The number of hydrogen-bond donors (Lipinski definition) is 1. The summed E-state index contributed by atoms with van der Waals surface area (Å²) >= 11 is 1.23.